The molecule has 14 heavy (non-hydrogen) atoms. The maximum atomic E-state index is 11.2. The summed E-state index contributed by atoms with van der Waals surface area (Å²) < 4.78 is 4.56. The SMILES string of the molecule is COC(=O)C(CC=C(C)C)NC(C)=O. The van der Waals surface area contributed by atoms with Crippen molar-refractivity contribution in [2.24, 2.45) is 0 Å². The highest BCUT2D eigenvalue weighted by molar-refractivity contribution is 5.83. The molecule has 4 nitrogen and oxygen atoms in total. The van der Waals surface area contributed by atoms with Crippen LogP contribution in [0.15, 0.2) is 11.6 Å². The minimum atomic E-state index is -0.576. The molecule has 0 aliphatic rings. The molecule has 1 unspecified atom stereocenters. The number of esters is 1. The summed E-state index contributed by atoms with van der Waals surface area (Å²) in [4.78, 5) is 22.0. The number of rotatable bonds is 4. The molecule has 0 rings (SSSR count). The van der Waals surface area contributed by atoms with Crippen LogP contribution in [0.4, 0.5) is 0 Å². The monoisotopic (exact) mass is 199 g/mol. The highest BCUT2D eigenvalue weighted by atomic mass is 16.5. The van der Waals surface area contributed by atoms with Crippen LogP contribution in [0.2, 0.25) is 0 Å². The molecule has 0 saturated heterocycles. The van der Waals surface area contributed by atoms with Crippen molar-refractivity contribution >= 4 is 11.9 Å². The zero-order valence-electron chi connectivity index (χ0n) is 9.09. The summed E-state index contributed by atoms with van der Waals surface area (Å²) in [6.07, 6.45) is 2.35. The standard InChI is InChI=1S/C10H17NO3/c1-7(2)5-6-9(10(13)14-4)11-8(3)12/h5,9H,6H2,1-4H3,(H,11,12). The zero-order chi connectivity index (χ0) is 11.1. The summed E-state index contributed by atoms with van der Waals surface area (Å²) in [7, 11) is 1.31. The Balaban J connectivity index is 4.32. The number of carbonyl (C=O) groups is 2. The Labute approximate surface area is 84.3 Å². The average Bonchev–Trinajstić information content (AvgIpc) is 2.10. The van der Waals surface area contributed by atoms with E-state index in [1.807, 2.05) is 19.9 Å². The first-order valence-corrected chi connectivity index (χ1v) is 4.45. The fourth-order valence-corrected chi connectivity index (χ4v) is 0.955. The van der Waals surface area contributed by atoms with Crippen molar-refractivity contribution in [1.82, 2.24) is 5.32 Å². The summed E-state index contributed by atoms with van der Waals surface area (Å²) in [6, 6.07) is -0.576. The number of amides is 1. The van der Waals surface area contributed by atoms with Crippen LogP contribution in [0.25, 0.3) is 0 Å². The first-order valence-electron chi connectivity index (χ1n) is 4.45. The fourth-order valence-electron chi connectivity index (χ4n) is 0.955. The molecule has 0 aliphatic heterocycles. The molecule has 80 valence electrons. The molecule has 0 radical (unpaired) electrons. The Morgan fingerprint density at radius 1 is 1.36 bits per heavy atom. The number of carbonyl (C=O) groups excluding carboxylic acids is 2. The van der Waals surface area contributed by atoms with Crippen molar-refractivity contribution in [3.8, 4) is 0 Å². The number of methoxy groups -OCH3 is 1. The largest absolute Gasteiger partial charge is 0.467 e. The minimum Gasteiger partial charge on any atom is -0.467 e. The van der Waals surface area contributed by atoms with Gasteiger partial charge in [-0.2, -0.15) is 0 Å². The first kappa shape index (κ1) is 12.7. The van der Waals surface area contributed by atoms with Crippen molar-refractivity contribution in [1.29, 1.82) is 0 Å². The van der Waals surface area contributed by atoms with Gasteiger partial charge in [0.25, 0.3) is 0 Å². The third kappa shape index (κ3) is 5.35. The minimum absolute atomic E-state index is 0.234. The highest BCUT2D eigenvalue weighted by Crippen LogP contribution is 2.00. The van der Waals surface area contributed by atoms with Crippen LogP contribution in [-0.4, -0.2) is 25.0 Å². The van der Waals surface area contributed by atoms with Crippen molar-refractivity contribution in [2.75, 3.05) is 7.11 Å². The van der Waals surface area contributed by atoms with Gasteiger partial charge in [-0.05, 0) is 20.3 Å². The molecule has 0 aromatic carbocycles. The molecule has 0 aliphatic carbocycles. The van der Waals surface area contributed by atoms with Crippen LogP contribution in [0.3, 0.4) is 0 Å². The molecule has 0 fully saturated rings. The van der Waals surface area contributed by atoms with Gasteiger partial charge in [-0.15, -0.1) is 0 Å². The van der Waals surface area contributed by atoms with E-state index in [-0.39, 0.29) is 5.91 Å². The van der Waals surface area contributed by atoms with Gasteiger partial charge in [0, 0.05) is 6.92 Å². The van der Waals surface area contributed by atoms with Crippen LogP contribution in [0.5, 0.6) is 0 Å². The van der Waals surface area contributed by atoms with Gasteiger partial charge in [-0.25, -0.2) is 4.79 Å². The zero-order valence-corrected chi connectivity index (χ0v) is 9.09. The van der Waals surface area contributed by atoms with Crippen molar-refractivity contribution < 1.29 is 14.3 Å². The normalized spacial score (nSPS) is 11.4. The molecule has 1 amide bonds. The van der Waals surface area contributed by atoms with Gasteiger partial charge in [-0.3, -0.25) is 4.79 Å². The molecule has 0 saturated carbocycles. The molecule has 0 aromatic rings. The van der Waals surface area contributed by atoms with Crippen LogP contribution < -0.4 is 5.32 Å². The first-order chi connectivity index (χ1) is 6.47. The summed E-state index contributed by atoms with van der Waals surface area (Å²) in [5, 5.41) is 2.53. The van der Waals surface area contributed by atoms with Gasteiger partial charge in [0.15, 0.2) is 0 Å². The smallest absolute Gasteiger partial charge is 0.328 e. The van der Waals surface area contributed by atoms with Gasteiger partial charge in [0.05, 0.1) is 7.11 Å². The van der Waals surface area contributed by atoms with Crippen molar-refractivity contribution in [3.63, 3.8) is 0 Å². The van der Waals surface area contributed by atoms with Crippen molar-refractivity contribution in [3.05, 3.63) is 11.6 Å². The Kier molecular flexibility index (Phi) is 5.60. The van der Waals surface area contributed by atoms with E-state index in [9.17, 15) is 9.59 Å². The fraction of sp³-hybridized carbons (Fsp3) is 0.600. The van der Waals surface area contributed by atoms with Gasteiger partial charge in [0.2, 0.25) is 5.91 Å². The molecule has 1 atom stereocenters. The third-order valence-electron chi connectivity index (χ3n) is 1.62. The lowest BCUT2D eigenvalue weighted by molar-refractivity contribution is -0.144. The predicted octanol–water partition coefficient (Wildman–Crippen LogP) is 1.02. The summed E-state index contributed by atoms with van der Waals surface area (Å²) in [6.45, 7) is 5.24. The van der Waals surface area contributed by atoms with Gasteiger partial charge < -0.3 is 10.1 Å². The molecular formula is C10H17NO3. The van der Waals surface area contributed by atoms with Crippen LogP contribution in [-0.2, 0) is 14.3 Å². The highest BCUT2D eigenvalue weighted by Gasteiger charge is 2.18. The van der Waals surface area contributed by atoms with Crippen LogP contribution in [0, 0.1) is 0 Å². The lowest BCUT2D eigenvalue weighted by Gasteiger charge is -2.13. The lowest BCUT2D eigenvalue weighted by Crippen LogP contribution is -2.40. The van der Waals surface area contributed by atoms with E-state index in [0.717, 1.165) is 5.57 Å². The molecule has 0 spiro atoms. The average molecular weight is 199 g/mol. The molecule has 1 N–H and O–H groups in total. The number of nitrogens with one attached hydrogen (secondary N) is 1. The molecule has 4 heteroatoms. The van der Waals surface area contributed by atoms with E-state index in [4.69, 9.17) is 0 Å². The molecule has 0 heterocycles. The second kappa shape index (κ2) is 6.18. The summed E-state index contributed by atoms with van der Waals surface area (Å²) in [5.74, 6) is -0.653. The quantitative estimate of drug-likeness (QED) is 0.543. The Morgan fingerprint density at radius 3 is 2.29 bits per heavy atom. The number of allylic oxidation sites excluding steroid dienone is 1. The summed E-state index contributed by atoms with van der Waals surface area (Å²) in [5.41, 5.74) is 1.10. The maximum Gasteiger partial charge on any atom is 0.328 e. The van der Waals surface area contributed by atoms with Crippen molar-refractivity contribution in [2.45, 2.75) is 33.2 Å². The van der Waals surface area contributed by atoms with Gasteiger partial charge in [0.1, 0.15) is 6.04 Å². The van der Waals surface area contributed by atoms with E-state index < -0.39 is 12.0 Å². The summed E-state index contributed by atoms with van der Waals surface area (Å²) >= 11 is 0. The Morgan fingerprint density at radius 2 is 1.93 bits per heavy atom. The van der Waals surface area contributed by atoms with E-state index in [2.05, 4.69) is 10.1 Å². The molecule has 0 bridgehead atoms. The Hall–Kier alpha value is -1.32. The third-order valence-corrected chi connectivity index (χ3v) is 1.62. The van der Waals surface area contributed by atoms with E-state index in [1.165, 1.54) is 14.0 Å². The number of hydrogen-bond acceptors (Lipinski definition) is 3. The topological polar surface area (TPSA) is 55.4 Å². The lowest BCUT2D eigenvalue weighted by atomic mass is 10.1. The van der Waals surface area contributed by atoms with Crippen LogP contribution >= 0.6 is 0 Å². The predicted molar refractivity (Wildman–Crippen MR) is 53.7 cm³/mol. The van der Waals surface area contributed by atoms with Crippen LogP contribution in [0.1, 0.15) is 27.2 Å². The van der Waals surface area contributed by atoms with Gasteiger partial charge in [-0.1, -0.05) is 11.6 Å². The van der Waals surface area contributed by atoms with E-state index in [0.29, 0.717) is 6.42 Å². The Bertz CT molecular complexity index is 242. The molecule has 0 aromatic heterocycles. The number of hydrogen-bond donors (Lipinski definition) is 1. The van der Waals surface area contributed by atoms with Gasteiger partial charge >= 0.3 is 5.97 Å². The molecular weight excluding hydrogens is 182 g/mol. The second-order valence-corrected chi connectivity index (χ2v) is 3.29. The number of ether oxygens (including phenoxy) is 1. The maximum absolute atomic E-state index is 11.2. The van der Waals surface area contributed by atoms with E-state index >= 15 is 0 Å². The van der Waals surface area contributed by atoms with E-state index in [1.54, 1.807) is 0 Å². The second-order valence-electron chi connectivity index (χ2n) is 3.29.